The van der Waals surface area contributed by atoms with Gasteiger partial charge in [0.15, 0.2) is 0 Å². The molecule has 0 saturated heterocycles. The van der Waals surface area contributed by atoms with E-state index >= 15 is 0 Å². The monoisotopic (exact) mass is 298 g/mol. The fourth-order valence-corrected chi connectivity index (χ4v) is 5.14. The zero-order valence-corrected chi connectivity index (χ0v) is 15.0. The zero-order chi connectivity index (χ0) is 14.4. The van der Waals surface area contributed by atoms with Crippen molar-refractivity contribution in [2.24, 2.45) is 0 Å². The van der Waals surface area contributed by atoms with Crippen LogP contribution in [0.3, 0.4) is 0 Å². The van der Waals surface area contributed by atoms with Gasteiger partial charge in [0.05, 0.1) is 0 Å². The molecule has 0 aromatic heterocycles. The third-order valence-electron chi connectivity index (χ3n) is 3.03. The molecule has 0 unspecified atom stereocenters. The SMILES string of the molecule is C[Si](C)([O-])c1cc([Si](C)(C)[O-])cc([Si](C)(C)O)c1. The molecule has 0 radical (unpaired) electrons. The largest absolute Gasteiger partial charge is 0.855 e. The third kappa shape index (κ3) is 3.87. The van der Waals surface area contributed by atoms with Crippen LogP contribution in [-0.2, 0) is 0 Å². The summed E-state index contributed by atoms with van der Waals surface area (Å²) in [6.45, 7) is 10.5. The van der Waals surface area contributed by atoms with Crippen molar-refractivity contribution >= 4 is 40.5 Å². The minimum Gasteiger partial charge on any atom is -0.855 e. The van der Waals surface area contributed by atoms with E-state index in [2.05, 4.69) is 0 Å². The second-order valence-electron chi connectivity index (χ2n) is 6.38. The number of hydrogen-bond acceptors (Lipinski definition) is 3. The van der Waals surface area contributed by atoms with Crippen LogP contribution in [0.1, 0.15) is 0 Å². The van der Waals surface area contributed by atoms with E-state index in [-0.39, 0.29) is 0 Å². The van der Waals surface area contributed by atoms with Crippen LogP contribution in [0.25, 0.3) is 0 Å². The van der Waals surface area contributed by atoms with Crippen molar-refractivity contribution in [3.05, 3.63) is 18.2 Å². The summed E-state index contributed by atoms with van der Waals surface area (Å²) < 4.78 is 0. The first-order valence-electron chi connectivity index (χ1n) is 6.11. The highest BCUT2D eigenvalue weighted by molar-refractivity contribution is 6.88. The minimum absolute atomic E-state index is 0.737. The van der Waals surface area contributed by atoms with Crippen molar-refractivity contribution in [2.45, 2.75) is 39.3 Å². The molecule has 0 aliphatic rings. The molecule has 1 N–H and O–H groups in total. The smallest absolute Gasteiger partial charge is 0.213 e. The highest BCUT2D eigenvalue weighted by Gasteiger charge is 2.24. The van der Waals surface area contributed by atoms with Crippen molar-refractivity contribution in [3.63, 3.8) is 0 Å². The van der Waals surface area contributed by atoms with Crippen molar-refractivity contribution in [3.8, 4) is 0 Å². The van der Waals surface area contributed by atoms with Crippen molar-refractivity contribution in [1.29, 1.82) is 0 Å². The van der Waals surface area contributed by atoms with E-state index in [1.165, 1.54) is 0 Å². The number of rotatable bonds is 3. The van der Waals surface area contributed by atoms with Gasteiger partial charge in [-0.25, -0.2) is 0 Å². The lowest BCUT2D eigenvalue weighted by molar-refractivity contribution is -0.200. The van der Waals surface area contributed by atoms with E-state index in [0.717, 1.165) is 15.6 Å². The predicted octanol–water partition coefficient (Wildman–Crippen LogP) is -1.36. The van der Waals surface area contributed by atoms with Gasteiger partial charge in [0.1, 0.15) is 0 Å². The molecule has 3 nitrogen and oxygen atoms in total. The van der Waals surface area contributed by atoms with E-state index in [1.807, 2.05) is 25.2 Å². The molecule has 0 spiro atoms. The minimum atomic E-state index is -2.71. The summed E-state index contributed by atoms with van der Waals surface area (Å²) in [5, 5.41) is 2.28. The Morgan fingerprint density at radius 1 is 0.722 bits per heavy atom. The molecule has 0 fully saturated rings. The van der Waals surface area contributed by atoms with Crippen LogP contribution in [0.15, 0.2) is 18.2 Å². The van der Waals surface area contributed by atoms with Gasteiger partial charge in [0.25, 0.3) is 0 Å². The topological polar surface area (TPSA) is 66.3 Å². The fraction of sp³-hybridized carbons (Fsp3) is 0.500. The molecular formula is C12H22O3Si3-2. The molecule has 1 rings (SSSR count). The molecule has 102 valence electrons. The Kier molecular flexibility index (Phi) is 4.12. The van der Waals surface area contributed by atoms with E-state index in [1.54, 1.807) is 32.3 Å². The second kappa shape index (κ2) is 4.70. The molecule has 0 aliphatic carbocycles. The summed E-state index contributed by atoms with van der Waals surface area (Å²) in [5.41, 5.74) is 0. The summed E-state index contributed by atoms with van der Waals surface area (Å²) in [7, 11) is -7.91. The highest BCUT2D eigenvalue weighted by Crippen LogP contribution is 2.02. The van der Waals surface area contributed by atoms with Crippen molar-refractivity contribution < 1.29 is 14.4 Å². The lowest BCUT2D eigenvalue weighted by Crippen LogP contribution is -2.62. The molecule has 0 atom stereocenters. The molecule has 1 aromatic carbocycles. The molecule has 1 aromatic rings. The Labute approximate surface area is 113 Å². The van der Waals surface area contributed by atoms with Crippen molar-refractivity contribution in [2.75, 3.05) is 0 Å². The van der Waals surface area contributed by atoms with Crippen LogP contribution in [0.5, 0.6) is 0 Å². The Balaban J connectivity index is 3.49. The highest BCUT2D eigenvalue weighted by atomic mass is 28.4. The number of hydrogen-bond donors (Lipinski definition) is 1. The Hall–Kier alpha value is -0.249. The molecule has 0 saturated carbocycles. The lowest BCUT2D eigenvalue weighted by atomic mass is 10.3. The van der Waals surface area contributed by atoms with Gasteiger partial charge in [-0.2, -0.15) is 0 Å². The molecule has 0 amide bonds. The Morgan fingerprint density at radius 2 is 1.00 bits per heavy atom. The molecular weight excluding hydrogens is 276 g/mol. The Bertz CT molecular complexity index is 360. The van der Waals surface area contributed by atoms with E-state index in [0.29, 0.717) is 0 Å². The maximum atomic E-state index is 12.2. The van der Waals surface area contributed by atoms with Gasteiger partial charge < -0.3 is 14.4 Å². The van der Waals surface area contributed by atoms with Crippen LogP contribution < -0.4 is 25.2 Å². The summed E-state index contributed by atoms with van der Waals surface area (Å²) in [6.07, 6.45) is 0. The molecule has 0 bridgehead atoms. The van der Waals surface area contributed by atoms with Crippen LogP contribution in [0.4, 0.5) is 0 Å². The van der Waals surface area contributed by atoms with Crippen LogP contribution >= 0.6 is 0 Å². The number of benzene rings is 1. The summed E-state index contributed by atoms with van der Waals surface area (Å²) >= 11 is 0. The normalized spacial score (nSPS) is 13.8. The average Bonchev–Trinajstić information content (AvgIpc) is 2.13. The standard InChI is InChI=1S/C12H22O3Si3/c1-16(2,13)10-7-11(17(3,4)14)9-12(8-10)18(5,6)15/h7-9,13H,1-6H3/q-2. The molecule has 6 heteroatoms. The summed E-state index contributed by atoms with van der Waals surface area (Å²) in [4.78, 5) is 34.7. The fourth-order valence-electron chi connectivity index (χ4n) is 1.68. The van der Waals surface area contributed by atoms with E-state index < -0.39 is 25.0 Å². The lowest BCUT2D eigenvalue weighted by Gasteiger charge is -2.36. The maximum Gasteiger partial charge on any atom is 0.213 e. The summed E-state index contributed by atoms with van der Waals surface area (Å²) in [6, 6.07) is 5.45. The zero-order valence-electron chi connectivity index (χ0n) is 12.0. The van der Waals surface area contributed by atoms with Crippen LogP contribution in [0.2, 0.25) is 39.3 Å². The van der Waals surface area contributed by atoms with Gasteiger partial charge in [-0.1, -0.05) is 54.8 Å². The first-order chi connectivity index (χ1) is 7.82. The van der Waals surface area contributed by atoms with Gasteiger partial charge in [0, 0.05) is 0 Å². The molecule has 0 aliphatic heterocycles. The quantitative estimate of drug-likeness (QED) is 0.701. The van der Waals surface area contributed by atoms with Crippen LogP contribution in [0, 0.1) is 0 Å². The van der Waals surface area contributed by atoms with Gasteiger partial charge in [0.2, 0.25) is 8.32 Å². The molecule has 18 heavy (non-hydrogen) atoms. The molecule has 0 heterocycles. The van der Waals surface area contributed by atoms with Crippen molar-refractivity contribution in [1.82, 2.24) is 0 Å². The van der Waals surface area contributed by atoms with Crippen LogP contribution in [-0.4, -0.2) is 29.7 Å². The first-order valence-corrected chi connectivity index (χ1v) is 14.9. The predicted molar refractivity (Wildman–Crippen MR) is 80.0 cm³/mol. The van der Waals surface area contributed by atoms with Gasteiger partial charge in [-0.15, -0.1) is 0 Å². The second-order valence-corrected chi connectivity index (χ2v) is 17.3. The van der Waals surface area contributed by atoms with Gasteiger partial charge >= 0.3 is 0 Å². The summed E-state index contributed by atoms with van der Waals surface area (Å²) in [5.74, 6) is 0. The van der Waals surface area contributed by atoms with E-state index in [4.69, 9.17) is 0 Å². The third-order valence-corrected chi connectivity index (χ3v) is 8.09. The van der Waals surface area contributed by atoms with Gasteiger partial charge in [-0.05, 0) is 34.9 Å². The average molecular weight is 299 g/mol. The first kappa shape index (κ1) is 15.8. The van der Waals surface area contributed by atoms with E-state index in [9.17, 15) is 14.4 Å². The Morgan fingerprint density at radius 3 is 1.22 bits per heavy atom. The van der Waals surface area contributed by atoms with Gasteiger partial charge in [-0.3, -0.25) is 0 Å². The maximum absolute atomic E-state index is 12.2.